The highest BCUT2D eigenvalue weighted by Gasteiger charge is 2.07. The van der Waals surface area contributed by atoms with Crippen LogP contribution in [0.15, 0.2) is 61.1 Å². The Bertz CT molecular complexity index is 820. The normalized spacial score (nSPS) is 10.2. The first-order valence-corrected chi connectivity index (χ1v) is 7.41. The lowest BCUT2D eigenvalue weighted by molar-refractivity contribution is 0.0945. The van der Waals surface area contributed by atoms with Gasteiger partial charge in [0.2, 0.25) is 0 Å². The maximum atomic E-state index is 12.0. The number of carbonyl (C=O) groups is 1. The summed E-state index contributed by atoms with van der Waals surface area (Å²) in [5.41, 5.74) is 2.84. The van der Waals surface area contributed by atoms with Crippen LogP contribution >= 0.6 is 0 Å². The fourth-order valence-corrected chi connectivity index (χ4v) is 2.17. The fourth-order valence-electron chi connectivity index (χ4n) is 2.17. The molecule has 0 radical (unpaired) electrons. The Kier molecular flexibility index (Phi) is 4.76. The van der Waals surface area contributed by atoms with Crippen LogP contribution in [-0.4, -0.2) is 28.0 Å². The molecule has 0 aliphatic heterocycles. The second-order valence-electron chi connectivity index (χ2n) is 5.02. The molecule has 3 aromatic rings. The Morgan fingerprint density at radius 2 is 1.92 bits per heavy atom. The number of methoxy groups -OCH3 is 1. The van der Waals surface area contributed by atoms with Crippen LogP contribution in [0.5, 0.6) is 5.75 Å². The van der Waals surface area contributed by atoms with Crippen LogP contribution in [-0.2, 0) is 6.54 Å². The van der Waals surface area contributed by atoms with Crippen LogP contribution < -0.4 is 10.1 Å². The van der Waals surface area contributed by atoms with E-state index in [1.54, 1.807) is 31.5 Å². The smallest absolute Gasteiger partial charge is 0.270 e. The predicted octanol–water partition coefficient (Wildman–Crippen LogP) is 2.48. The van der Waals surface area contributed by atoms with E-state index >= 15 is 0 Å². The molecule has 2 aromatic heterocycles. The van der Waals surface area contributed by atoms with Crippen molar-refractivity contribution in [3.8, 4) is 17.0 Å². The van der Waals surface area contributed by atoms with Crippen LogP contribution in [0.2, 0.25) is 0 Å². The van der Waals surface area contributed by atoms with Gasteiger partial charge in [-0.05, 0) is 42.5 Å². The van der Waals surface area contributed by atoms with Gasteiger partial charge in [0, 0.05) is 11.8 Å². The van der Waals surface area contributed by atoms with Gasteiger partial charge in [-0.1, -0.05) is 6.07 Å². The SMILES string of the molecule is COc1ccc(-c2cc(CNC(=O)c3ccccn3)ncn2)cc1. The molecule has 0 aliphatic carbocycles. The molecule has 0 bridgehead atoms. The summed E-state index contributed by atoms with van der Waals surface area (Å²) in [6, 6.07) is 14.7. The number of aromatic nitrogens is 3. The Balaban J connectivity index is 1.70. The number of rotatable bonds is 5. The molecule has 1 aromatic carbocycles. The summed E-state index contributed by atoms with van der Waals surface area (Å²) in [5, 5.41) is 2.80. The zero-order valence-corrected chi connectivity index (χ0v) is 13.1. The Morgan fingerprint density at radius 3 is 2.62 bits per heavy atom. The maximum Gasteiger partial charge on any atom is 0.270 e. The van der Waals surface area contributed by atoms with Crippen molar-refractivity contribution in [2.45, 2.75) is 6.54 Å². The van der Waals surface area contributed by atoms with Crippen LogP contribution in [0.4, 0.5) is 0 Å². The molecule has 0 saturated carbocycles. The van der Waals surface area contributed by atoms with Gasteiger partial charge >= 0.3 is 0 Å². The van der Waals surface area contributed by atoms with Crippen LogP contribution in [0.3, 0.4) is 0 Å². The summed E-state index contributed by atoms with van der Waals surface area (Å²) in [6.45, 7) is 0.307. The van der Waals surface area contributed by atoms with Gasteiger partial charge in [-0.15, -0.1) is 0 Å². The van der Waals surface area contributed by atoms with Crippen LogP contribution in [0.1, 0.15) is 16.2 Å². The predicted molar refractivity (Wildman–Crippen MR) is 89.4 cm³/mol. The van der Waals surface area contributed by atoms with E-state index in [9.17, 15) is 4.79 Å². The second kappa shape index (κ2) is 7.32. The largest absolute Gasteiger partial charge is 0.497 e. The summed E-state index contributed by atoms with van der Waals surface area (Å²) < 4.78 is 5.15. The van der Waals surface area contributed by atoms with Crippen molar-refractivity contribution in [1.29, 1.82) is 0 Å². The molecular weight excluding hydrogens is 304 g/mol. The maximum absolute atomic E-state index is 12.0. The van der Waals surface area contributed by atoms with E-state index in [0.29, 0.717) is 12.2 Å². The van der Waals surface area contributed by atoms with E-state index in [-0.39, 0.29) is 5.91 Å². The molecule has 1 N–H and O–H groups in total. The van der Waals surface area contributed by atoms with Gasteiger partial charge in [0.1, 0.15) is 17.8 Å². The number of benzene rings is 1. The topological polar surface area (TPSA) is 77.0 Å². The first-order chi connectivity index (χ1) is 11.8. The molecule has 0 saturated heterocycles. The molecule has 2 heterocycles. The first kappa shape index (κ1) is 15.6. The van der Waals surface area contributed by atoms with Crippen molar-refractivity contribution in [2.75, 3.05) is 7.11 Å². The van der Waals surface area contributed by atoms with Crippen molar-refractivity contribution in [1.82, 2.24) is 20.3 Å². The van der Waals surface area contributed by atoms with Gasteiger partial charge in [-0.3, -0.25) is 9.78 Å². The van der Waals surface area contributed by atoms with Gasteiger partial charge in [0.15, 0.2) is 0 Å². The highest BCUT2D eigenvalue weighted by molar-refractivity contribution is 5.92. The third-order valence-electron chi connectivity index (χ3n) is 3.44. The first-order valence-electron chi connectivity index (χ1n) is 7.41. The summed E-state index contributed by atoms with van der Waals surface area (Å²) in [7, 11) is 1.63. The number of pyridine rings is 1. The summed E-state index contributed by atoms with van der Waals surface area (Å²) in [6.07, 6.45) is 3.07. The zero-order chi connectivity index (χ0) is 16.8. The van der Waals surface area contributed by atoms with Crippen LogP contribution in [0, 0.1) is 0 Å². The van der Waals surface area contributed by atoms with E-state index in [1.807, 2.05) is 30.3 Å². The quantitative estimate of drug-likeness (QED) is 0.781. The summed E-state index contributed by atoms with van der Waals surface area (Å²) >= 11 is 0. The molecule has 6 heteroatoms. The highest BCUT2D eigenvalue weighted by atomic mass is 16.5. The number of hydrogen-bond acceptors (Lipinski definition) is 5. The molecule has 1 amide bonds. The van der Waals surface area contributed by atoms with Gasteiger partial charge in [-0.2, -0.15) is 0 Å². The molecule has 0 spiro atoms. The lowest BCUT2D eigenvalue weighted by atomic mass is 10.1. The van der Waals surface area contributed by atoms with E-state index < -0.39 is 0 Å². The molecule has 24 heavy (non-hydrogen) atoms. The second-order valence-corrected chi connectivity index (χ2v) is 5.02. The lowest BCUT2D eigenvalue weighted by Gasteiger charge is -2.06. The van der Waals surface area contributed by atoms with E-state index in [2.05, 4.69) is 20.3 Å². The van der Waals surface area contributed by atoms with E-state index in [4.69, 9.17) is 4.74 Å². The van der Waals surface area contributed by atoms with E-state index in [1.165, 1.54) is 6.33 Å². The average Bonchev–Trinajstić information content (AvgIpc) is 2.67. The van der Waals surface area contributed by atoms with E-state index in [0.717, 1.165) is 22.7 Å². The highest BCUT2D eigenvalue weighted by Crippen LogP contribution is 2.20. The number of hydrogen-bond donors (Lipinski definition) is 1. The van der Waals surface area contributed by atoms with Crippen molar-refractivity contribution < 1.29 is 9.53 Å². The third kappa shape index (κ3) is 3.73. The Morgan fingerprint density at radius 1 is 1.08 bits per heavy atom. The van der Waals surface area contributed by atoms with Crippen molar-refractivity contribution in [3.63, 3.8) is 0 Å². The van der Waals surface area contributed by atoms with Gasteiger partial charge in [0.25, 0.3) is 5.91 Å². The van der Waals surface area contributed by atoms with Crippen molar-refractivity contribution >= 4 is 5.91 Å². The molecule has 0 aliphatic rings. The Hall–Kier alpha value is -3.28. The minimum absolute atomic E-state index is 0.236. The van der Waals surface area contributed by atoms with Gasteiger partial charge in [0.05, 0.1) is 25.0 Å². The monoisotopic (exact) mass is 320 g/mol. The van der Waals surface area contributed by atoms with Crippen molar-refractivity contribution in [2.24, 2.45) is 0 Å². The standard InChI is InChI=1S/C18H16N4O2/c1-24-15-7-5-13(6-8-15)17-10-14(21-12-22-17)11-20-18(23)16-4-2-3-9-19-16/h2-10,12H,11H2,1H3,(H,20,23). The molecule has 3 rings (SSSR count). The Labute approximate surface area is 139 Å². The average molecular weight is 320 g/mol. The lowest BCUT2D eigenvalue weighted by Crippen LogP contribution is -2.24. The number of nitrogens with zero attached hydrogens (tertiary/aromatic N) is 3. The minimum atomic E-state index is -0.236. The minimum Gasteiger partial charge on any atom is -0.497 e. The number of nitrogens with one attached hydrogen (secondary N) is 1. The third-order valence-corrected chi connectivity index (χ3v) is 3.44. The summed E-state index contributed by atoms with van der Waals surface area (Å²) in [4.78, 5) is 24.5. The fraction of sp³-hybridized carbons (Fsp3) is 0.111. The summed E-state index contributed by atoms with van der Waals surface area (Å²) in [5.74, 6) is 0.552. The van der Waals surface area contributed by atoms with Crippen molar-refractivity contribution in [3.05, 3.63) is 72.4 Å². The molecule has 0 atom stereocenters. The molecule has 6 nitrogen and oxygen atoms in total. The molecule has 120 valence electrons. The van der Waals surface area contributed by atoms with Crippen LogP contribution in [0.25, 0.3) is 11.3 Å². The zero-order valence-electron chi connectivity index (χ0n) is 13.1. The molecular formula is C18H16N4O2. The number of amides is 1. The van der Waals surface area contributed by atoms with Gasteiger partial charge < -0.3 is 10.1 Å². The number of ether oxygens (including phenoxy) is 1. The van der Waals surface area contributed by atoms with Gasteiger partial charge in [-0.25, -0.2) is 9.97 Å². The molecule has 0 fully saturated rings. The number of carbonyl (C=O) groups excluding carboxylic acids is 1. The molecule has 0 unspecified atom stereocenters.